The van der Waals surface area contributed by atoms with Gasteiger partial charge in [0.25, 0.3) is 0 Å². The van der Waals surface area contributed by atoms with Gasteiger partial charge in [-0.2, -0.15) is 4.39 Å². The lowest BCUT2D eigenvalue weighted by Gasteiger charge is -2.07. The molecule has 0 atom stereocenters. The Bertz CT molecular complexity index is 1720. The number of esters is 1. The molecular weight excluding hydrogens is 470 g/mol. The van der Waals surface area contributed by atoms with Crippen molar-refractivity contribution in [1.82, 2.24) is 14.6 Å². The Labute approximate surface area is 202 Å². The third-order valence-electron chi connectivity index (χ3n) is 6.06. The highest BCUT2D eigenvalue weighted by atomic mass is 19.2. The van der Waals surface area contributed by atoms with Gasteiger partial charge in [0.1, 0.15) is 11.5 Å². The van der Waals surface area contributed by atoms with E-state index in [1.807, 2.05) is 0 Å². The summed E-state index contributed by atoms with van der Waals surface area (Å²) in [5.74, 6) is -2.04. The largest absolute Gasteiger partial charge is 0.505 e. The lowest BCUT2D eigenvalue weighted by atomic mass is 10.1. The highest BCUT2D eigenvalue weighted by Crippen LogP contribution is 2.34. The number of rotatable bonds is 4. The number of H-pyrrole nitrogens is 1. The number of nitrogens with zero attached hydrogens (tertiary/aromatic N) is 2. The molecular formula is C26H18F2N4O4. The number of hydrogen-bond acceptors (Lipinski definition) is 6. The van der Waals surface area contributed by atoms with Crippen LogP contribution in [0.15, 0.2) is 60.7 Å². The van der Waals surface area contributed by atoms with Crippen LogP contribution in [0.5, 0.6) is 11.5 Å². The van der Waals surface area contributed by atoms with Crippen molar-refractivity contribution >= 4 is 39.2 Å². The molecule has 5 aromatic rings. The molecule has 0 saturated heterocycles. The number of carbonyl (C=O) groups excluding carboxylic acids is 1. The van der Waals surface area contributed by atoms with Crippen molar-refractivity contribution in [2.24, 2.45) is 0 Å². The van der Waals surface area contributed by atoms with Crippen LogP contribution in [0.4, 0.5) is 8.78 Å². The zero-order valence-corrected chi connectivity index (χ0v) is 18.8. The predicted octanol–water partition coefficient (Wildman–Crippen LogP) is 5.36. The molecule has 10 heteroatoms. The van der Waals surface area contributed by atoms with Crippen LogP contribution >= 0.6 is 0 Å². The summed E-state index contributed by atoms with van der Waals surface area (Å²) in [4.78, 5) is 19.9. The van der Waals surface area contributed by atoms with Gasteiger partial charge in [-0.3, -0.25) is 0 Å². The van der Waals surface area contributed by atoms with Crippen LogP contribution in [-0.4, -0.2) is 39.4 Å². The smallest absolute Gasteiger partial charge is 0.338 e. The van der Waals surface area contributed by atoms with Gasteiger partial charge in [0.15, 0.2) is 17.4 Å². The van der Waals surface area contributed by atoms with E-state index in [1.165, 1.54) is 19.2 Å². The SMILES string of the molecule is COC(=O)c1cccc2[nH]c(C(O)=C3CNn4c3nc3cc(Oc5cccc(F)c5F)ccc34)cc12. The molecule has 0 unspecified atom stereocenters. The van der Waals surface area contributed by atoms with E-state index >= 15 is 0 Å². The van der Waals surface area contributed by atoms with E-state index in [9.17, 15) is 18.7 Å². The average molecular weight is 488 g/mol. The maximum atomic E-state index is 14.0. The minimum atomic E-state index is -1.07. The van der Waals surface area contributed by atoms with Gasteiger partial charge in [0.05, 0.1) is 41.5 Å². The summed E-state index contributed by atoms with van der Waals surface area (Å²) in [6.45, 7) is 0.316. The van der Waals surface area contributed by atoms with E-state index in [1.54, 1.807) is 47.1 Å². The van der Waals surface area contributed by atoms with Gasteiger partial charge < -0.3 is 25.0 Å². The Balaban J connectivity index is 1.39. The van der Waals surface area contributed by atoms with Crippen molar-refractivity contribution in [2.45, 2.75) is 0 Å². The molecule has 1 aliphatic heterocycles. The van der Waals surface area contributed by atoms with Gasteiger partial charge in [0, 0.05) is 17.0 Å². The van der Waals surface area contributed by atoms with E-state index in [-0.39, 0.29) is 17.3 Å². The van der Waals surface area contributed by atoms with Gasteiger partial charge in [0.2, 0.25) is 5.82 Å². The van der Waals surface area contributed by atoms with Crippen LogP contribution in [0.25, 0.3) is 33.3 Å². The second-order valence-electron chi connectivity index (χ2n) is 8.18. The highest BCUT2D eigenvalue weighted by Gasteiger charge is 2.26. The van der Waals surface area contributed by atoms with E-state index < -0.39 is 17.6 Å². The number of imidazole rings is 1. The Kier molecular flexibility index (Phi) is 4.89. The number of nitrogens with one attached hydrogen (secondary N) is 2. The number of carbonyl (C=O) groups is 1. The van der Waals surface area contributed by atoms with Crippen LogP contribution in [0.2, 0.25) is 0 Å². The van der Waals surface area contributed by atoms with Crippen molar-refractivity contribution in [1.29, 1.82) is 0 Å². The fourth-order valence-electron chi connectivity index (χ4n) is 4.34. The number of methoxy groups -OCH3 is 1. The number of ether oxygens (including phenoxy) is 2. The molecule has 2 aromatic heterocycles. The summed E-state index contributed by atoms with van der Waals surface area (Å²) in [7, 11) is 1.31. The summed E-state index contributed by atoms with van der Waals surface area (Å²) < 4.78 is 39.6. The molecule has 0 radical (unpaired) electrons. The average Bonchev–Trinajstić information content (AvgIpc) is 3.59. The third kappa shape index (κ3) is 3.34. The molecule has 36 heavy (non-hydrogen) atoms. The van der Waals surface area contributed by atoms with Crippen molar-refractivity contribution < 1.29 is 28.2 Å². The van der Waals surface area contributed by atoms with Gasteiger partial charge in [-0.15, -0.1) is 0 Å². The van der Waals surface area contributed by atoms with E-state index in [4.69, 9.17) is 9.47 Å². The maximum Gasteiger partial charge on any atom is 0.338 e. The molecule has 3 heterocycles. The van der Waals surface area contributed by atoms with Gasteiger partial charge in [-0.05, 0) is 42.5 Å². The third-order valence-corrected chi connectivity index (χ3v) is 6.06. The lowest BCUT2D eigenvalue weighted by Crippen LogP contribution is -2.07. The molecule has 0 amide bonds. The standard InChI is InChI=1S/C26H18F2N4O4/c1-35-26(34)14-4-2-6-18-15(14)11-20(30-18)24(33)16-12-29-32-21-9-8-13(10-19(21)31-25(16)32)36-22-7-3-5-17(27)23(22)28/h2-11,29-30,33H,12H2,1H3. The fourth-order valence-corrected chi connectivity index (χ4v) is 4.34. The zero-order chi connectivity index (χ0) is 25.0. The van der Waals surface area contributed by atoms with Crippen molar-refractivity contribution in [3.63, 3.8) is 0 Å². The molecule has 0 aliphatic carbocycles. The summed E-state index contributed by atoms with van der Waals surface area (Å²) in [6.07, 6.45) is 0. The van der Waals surface area contributed by atoms with Gasteiger partial charge in [-0.1, -0.05) is 12.1 Å². The van der Waals surface area contributed by atoms with Crippen molar-refractivity contribution in [3.8, 4) is 11.5 Å². The second-order valence-corrected chi connectivity index (χ2v) is 8.18. The number of halogens is 2. The monoisotopic (exact) mass is 488 g/mol. The Hall–Kier alpha value is -4.86. The minimum absolute atomic E-state index is 0.0260. The highest BCUT2D eigenvalue weighted by molar-refractivity contribution is 6.05. The zero-order valence-electron chi connectivity index (χ0n) is 18.8. The molecule has 3 aromatic carbocycles. The molecule has 8 nitrogen and oxygen atoms in total. The van der Waals surface area contributed by atoms with E-state index in [0.717, 1.165) is 6.07 Å². The number of aromatic nitrogens is 3. The number of aromatic amines is 1. The lowest BCUT2D eigenvalue weighted by molar-refractivity contribution is 0.0603. The fraction of sp³-hybridized carbons (Fsp3) is 0.0769. The summed E-state index contributed by atoms with van der Waals surface area (Å²) >= 11 is 0. The number of aliphatic hydroxyl groups excluding tert-OH is 1. The summed E-state index contributed by atoms with van der Waals surface area (Å²) in [5, 5.41) is 11.7. The molecule has 3 N–H and O–H groups in total. The summed E-state index contributed by atoms with van der Waals surface area (Å²) in [6, 6.07) is 15.5. The quantitative estimate of drug-likeness (QED) is 0.233. The van der Waals surface area contributed by atoms with Crippen LogP contribution in [0.3, 0.4) is 0 Å². The molecule has 0 bridgehead atoms. The molecule has 0 fully saturated rings. The first-order valence-electron chi connectivity index (χ1n) is 11.0. The van der Waals surface area contributed by atoms with Crippen LogP contribution in [0, 0.1) is 11.6 Å². The Morgan fingerprint density at radius 2 is 1.94 bits per heavy atom. The van der Waals surface area contributed by atoms with Gasteiger partial charge in [-0.25, -0.2) is 18.8 Å². The van der Waals surface area contributed by atoms with Crippen molar-refractivity contribution in [2.75, 3.05) is 19.1 Å². The normalized spacial score (nSPS) is 14.1. The maximum absolute atomic E-state index is 14.0. The van der Waals surface area contributed by atoms with Crippen molar-refractivity contribution in [3.05, 3.63) is 89.4 Å². The minimum Gasteiger partial charge on any atom is -0.505 e. The molecule has 6 rings (SSSR count). The number of benzene rings is 3. The number of fused-ring (bicyclic) bond motifs is 4. The Morgan fingerprint density at radius 1 is 1.11 bits per heavy atom. The molecule has 1 aliphatic rings. The van der Waals surface area contributed by atoms with Crippen LogP contribution in [0.1, 0.15) is 21.9 Å². The first-order chi connectivity index (χ1) is 17.4. The molecule has 0 saturated carbocycles. The first-order valence-corrected chi connectivity index (χ1v) is 11.0. The van der Waals surface area contributed by atoms with Crippen LogP contribution in [-0.2, 0) is 4.74 Å². The van der Waals surface area contributed by atoms with Gasteiger partial charge >= 0.3 is 5.97 Å². The van der Waals surface area contributed by atoms with Crippen LogP contribution < -0.4 is 10.2 Å². The molecule has 180 valence electrons. The van der Waals surface area contributed by atoms with E-state index in [0.29, 0.717) is 51.1 Å². The molecule has 0 spiro atoms. The summed E-state index contributed by atoms with van der Waals surface area (Å²) in [5.41, 5.74) is 6.44. The second kappa shape index (κ2) is 8.12. The predicted molar refractivity (Wildman–Crippen MR) is 129 cm³/mol. The Morgan fingerprint density at radius 3 is 2.78 bits per heavy atom. The number of aliphatic hydroxyl groups is 1. The topological polar surface area (TPSA) is 101 Å². The number of hydrogen-bond donors (Lipinski definition) is 3. The first kappa shape index (κ1) is 21.7. The van der Waals surface area contributed by atoms with E-state index in [2.05, 4.69) is 15.4 Å².